The van der Waals surface area contributed by atoms with Crippen molar-refractivity contribution in [2.24, 2.45) is 0 Å². The minimum absolute atomic E-state index is 0.266. The fourth-order valence-corrected chi connectivity index (χ4v) is 4.25. The van der Waals surface area contributed by atoms with Gasteiger partial charge in [-0.2, -0.15) is 0 Å². The number of halogens is 1. The minimum Gasteiger partial charge on any atom is -0.390 e. The van der Waals surface area contributed by atoms with Crippen LogP contribution in [0, 0.1) is 13.8 Å². The molecular weight excluding hydrogens is 414 g/mol. The molecule has 0 bridgehead atoms. The van der Waals surface area contributed by atoms with Crippen molar-refractivity contribution in [2.75, 3.05) is 17.7 Å². The third-order valence-electron chi connectivity index (χ3n) is 4.14. The molecule has 0 aliphatic rings. The molecule has 5 nitrogen and oxygen atoms in total. The van der Waals surface area contributed by atoms with Gasteiger partial charge in [-0.3, -0.25) is 0 Å². The van der Waals surface area contributed by atoms with E-state index in [1.54, 1.807) is 0 Å². The summed E-state index contributed by atoms with van der Waals surface area (Å²) >= 11 is 8.80. The second-order valence-electron chi connectivity index (χ2n) is 6.35. The Morgan fingerprint density at radius 1 is 1.18 bits per heavy atom. The third-order valence-corrected chi connectivity index (χ3v) is 6.51. The van der Waals surface area contributed by atoms with Gasteiger partial charge in [-0.1, -0.05) is 59.0 Å². The first kappa shape index (κ1) is 21.1. The molecule has 1 atom stereocenters. The van der Waals surface area contributed by atoms with Gasteiger partial charge >= 0.3 is 0 Å². The number of benzene rings is 2. The molecule has 1 unspecified atom stereocenters. The van der Waals surface area contributed by atoms with Crippen LogP contribution >= 0.6 is 34.7 Å². The molecule has 1 aromatic heterocycles. The fraction of sp³-hybridized carbons (Fsp3) is 0.300. The molecule has 3 aromatic rings. The normalized spacial score (nSPS) is 12.1. The van der Waals surface area contributed by atoms with Crippen LogP contribution in [-0.2, 0) is 11.3 Å². The zero-order chi connectivity index (χ0) is 19.9. The lowest BCUT2D eigenvalue weighted by atomic mass is 10.1. The van der Waals surface area contributed by atoms with Crippen molar-refractivity contribution in [3.8, 4) is 0 Å². The summed E-state index contributed by atoms with van der Waals surface area (Å²) in [6.45, 7) is 4.87. The van der Waals surface area contributed by atoms with Crippen molar-refractivity contribution < 1.29 is 9.84 Å². The molecule has 0 aliphatic heterocycles. The van der Waals surface area contributed by atoms with Crippen LogP contribution in [0.15, 0.2) is 46.8 Å². The predicted octanol–water partition coefficient (Wildman–Crippen LogP) is 5.22. The van der Waals surface area contributed by atoms with Crippen LogP contribution in [0.25, 0.3) is 0 Å². The average molecular weight is 436 g/mol. The predicted molar refractivity (Wildman–Crippen MR) is 117 cm³/mol. The van der Waals surface area contributed by atoms with E-state index >= 15 is 0 Å². The molecule has 8 heteroatoms. The Morgan fingerprint density at radius 3 is 2.75 bits per heavy atom. The molecule has 0 spiro atoms. The zero-order valence-electron chi connectivity index (χ0n) is 15.7. The molecule has 3 rings (SSSR count). The van der Waals surface area contributed by atoms with Gasteiger partial charge in [0, 0.05) is 16.5 Å². The Kier molecular flexibility index (Phi) is 7.70. The summed E-state index contributed by atoms with van der Waals surface area (Å²) in [7, 11) is 0. The SMILES string of the molecule is Cc1cccc(Nc2nnc(SCC(O)COCc3ccc(Cl)cc3)s2)c1C. The highest BCUT2D eigenvalue weighted by Crippen LogP contribution is 2.29. The maximum absolute atomic E-state index is 10.1. The average Bonchev–Trinajstić information content (AvgIpc) is 3.13. The van der Waals surface area contributed by atoms with Gasteiger partial charge < -0.3 is 15.2 Å². The first-order valence-corrected chi connectivity index (χ1v) is 11.0. The summed E-state index contributed by atoms with van der Waals surface area (Å²) in [6.07, 6.45) is -0.573. The van der Waals surface area contributed by atoms with Crippen LogP contribution in [0.1, 0.15) is 16.7 Å². The Bertz CT molecular complexity index is 903. The molecule has 0 radical (unpaired) electrons. The van der Waals surface area contributed by atoms with E-state index in [9.17, 15) is 5.11 Å². The third kappa shape index (κ3) is 6.18. The van der Waals surface area contributed by atoms with Gasteiger partial charge in [0.05, 0.1) is 19.3 Å². The number of aromatic nitrogens is 2. The van der Waals surface area contributed by atoms with Crippen molar-refractivity contribution in [1.29, 1.82) is 0 Å². The van der Waals surface area contributed by atoms with Crippen molar-refractivity contribution in [3.63, 3.8) is 0 Å². The summed E-state index contributed by atoms with van der Waals surface area (Å²) in [5, 5.41) is 23.2. The quantitative estimate of drug-likeness (QED) is 0.449. The fourth-order valence-electron chi connectivity index (χ4n) is 2.43. The van der Waals surface area contributed by atoms with E-state index in [2.05, 4.69) is 35.4 Å². The van der Waals surface area contributed by atoms with E-state index in [1.165, 1.54) is 34.2 Å². The lowest BCUT2D eigenvalue weighted by Gasteiger charge is -2.10. The van der Waals surface area contributed by atoms with Crippen LogP contribution < -0.4 is 5.32 Å². The zero-order valence-corrected chi connectivity index (χ0v) is 18.1. The number of rotatable bonds is 9. The molecule has 0 saturated carbocycles. The number of thioether (sulfide) groups is 1. The van der Waals surface area contributed by atoms with Crippen molar-refractivity contribution in [2.45, 2.75) is 30.9 Å². The van der Waals surface area contributed by atoms with Gasteiger partial charge in [0.1, 0.15) is 0 Å². The number of aliphatic hydroxyl groups excluding tert-OH is 1. The number of hydrogen-bond donors (Lipinski definition) is 2. The number of nitrogens with zero attached hydrogens (tertiary/aromatic N) is 2. The molecule has 0 saturated heterocycles. The van der Waals surface area contributed by atoms with Crippen LogP contribution in [-0.4, -0.2) is 33.8 Å². The monoisotopic (exact) mass is 435 g/mol. The van der Waals surface area contributed by atoms with Crippen LogP contribution in [0.3, 0.4) is 0 Å². The summed E-state index contributed by atoms with van der Waals surface area (Å²) in [4.78, 5) is 0. The Hall–Kier alpha value is -1.64. The maximum atomic E-state index is 10.1. The van der Waals surface area contributed by atoms with E-state index in [0.29, 0.717) is 17.4 Å². The first-order chi connectivity index (χ1) is 13.5. The molecule has 1 heterocycles. The Balaban J connectivity index is 1.42. The van der Waals surface area contributed by atoms with Crippen molar-refractivity contribution >= 4 is 45.5 Å². The van der Waals surface area contributed by atoms with Gasteiger partial charge in [0.15, 0.2) is 4.34 Å². The standard InChI is InChI=1S/C20H22ClN3O2S2/c1-13-4-3-5-18(14(13)2)22-19-23-24-20(28-19)27-12-17(25)11-26-10-15-6-8-16(21)9-7-15/h3-9,17,25H,10-12H2,1-2H3,(H,22,23). The molecule has 2 N–H and O–H groups in total. The van der Waals surface area contributed by atoms with Crippen molar-refractivity contribution in [3.05, 3.63) is 64.2 Å². The summed E-state index contributed by atoms with van der Waals surface area (Å²) in [6, 6.07) is 13.6. The van der Waals surface area contributed by atoms with Gasteiger partial charge in [0.2, 0.25) is 5.13 Å². The summed E-state index contributed by atoms with van der Waals surface area (Å²) in [5.41, 5.74) is 4.48. The number of nitrogens with one attached hydrogen (secondary N) is 1. The van der Waals surface area contributed by atoms with Crippen LogP contribution in [0.2, 0.25) is 5.02 Å². The number of aliphatic hydroxyl groups is 1. The topological polar surface area (TPSA) is 67.3 Å². The highest BCUT2D eigenvalue weighted by atomic mass is 35.5. The van der Waals surface area contributed by atoms with E-state index in [0.717, 1.165) is 20.7 Å². The van der Waals surface area contributed by atoms with E-state index in [1.807, 2.05) is 36.4 Å². The summed E-state index contributed by atoms with van der Waals surface area (Å²) in [5.74, 6) is 0.499. The molecular formula is C20H22ClN3O2S2. The largest absolute Gasteiger partial charge is 0.390 e. The number of ether oxygens (including phenoxy) is 1. The Morgan fingerprint density at radius 2 is 1.96 bits per heavy atom. The molecule has 0 aliphatic carbocycles. The molecule has 2 aromatic carbocycles. The lowest BCUT2D eigenvalue weighted by molar-refractivity contribution is 0.0398. The highest BCUT2D eigenvalue weighted by Gasteiger charge is 2.11. The van der Waals surface area contributed by atoms with E-state index < -0.39 is 6.10 Å². The Labute approximate surface area is 178 Å². The second-order valence-corrected chi connectivity index (χ2v) is 9.03. The molecule has 0 amide bonds. The first-order valence-electron chi connectivity index (χ1n) is 8.81. The second kappa shape index (κ2) is 10.2. The lowest BCUT2D eigenvalue weighted by Crippen LogP contribution is -2.17. The van der Waals surface area contributed by atoms with Crippen LogP contribution in [0.5, 0.6) is 0 Å². The van der Waals surface area contributed by atoms with Crippen molar-refractivity contribution in [1.82, 2.24) is 10.2 Å². The van der Waals surface area contributed by atoms with E-state index in [-0.39, 0.29) is 6.61 Å². The maximum Gasteiger partial charge on any atom is 0.210 e. The number of hydrogen-bond acceptors (Lipinski definition) is 7. The van der Waals surface area contributed by atoms with Gasteiger partial charge in [-0.25, -0.2) is 0 Å². The van der Waals surface area contributed by atoms with Crippen LogP contribution in [0.4, 0.5) is 10.8 Å². The molecule has 0 fully saturated rings. The minimum atomic E-state index is -0.573. The van der Waals surface area contributed by atoms with Gasteiger partial charge in [-0.15, -0.1) is 10.2 Å². The number of anilines is 2. The molecule has 28 heavy (non-hydrogen) atoms. The number of aryl methyl sites for hydroxylation is 1. The smallest absolute Gasteiger partial charge is 0.210 e. The highest BCUT2D eigenvalue weighted by molar-refractivity contribution is 8.01. The summed E-state index contributed by atoms with van der Waals surface area (Å²) < 4.78 is 6.38. The van der Waals surface area contributed by atoms with Gasteiger partial charge in [-0.05, 0) is 48.7 Å². The van der Waals surface area contributed by atoms with E-state index in [4.69, 9.17) is 16.3 Å². The van der Waals surface area contributed by atoms with Gasteiger partial charge in [0.25, 0.3) is 0 Å². The molecule has 148 valence electrons.